The van der Waals surface area contributed by atoms with E-state index in [1.807, 2.05) is 62.7 Å². The van der Waals surface area contributed by atoms with Crippen molar-refractivity contribution < 1.29 is 9.53 Å². The van der Waals surface area contributed by atoms with Crippen LogP contribution >= 0.6 is 0 Å². The minimum absolute atomic E-state index is 0.425. The van der Waals surface area contributed by atoms with Crippen molar-refractivity contribution in [3.63, 3.8) is 0 Å². The number of imidazole rings is 1. The molecule has 0 saturated heterocycles. The number of alkyl carbamates (subject to hydrolysis) is 1. The molecule has 0 atom stereocenters. The number of carbonyl (C=O) groups is 1. The number of amides is 1. The molecule has 1 aromatic heterocycles. The summed E-state index contributed by atoms with van der Waals surface area (Å²) in [4.78, 5) is 20.4. The minimum Gasteiger partial charge on any atom is -0.444 e. The zero-order valence-corrected chi connectivity index (χ0v) is 17.0. The Kier molecular flexibility index (Phi) is 7.86. The standard InChI is InChI=1S/C20H30N6O2/c1-5-22-18(23-10-11-24-19(27)28-20(2,3)4)25-14-16-8-6-7-9-17(16)26-13-12-21-15-26/h6-9,12-13,15H,5,10-11,14H2,1-4H3,(H,24,27)(H2,22,23,25). The van der Waals surface area contributed by atoms with Gasteiger partial charge in [-0.3, -0.25) is 0 Å². The molecular weight excluding hydrogens is 356 g/mol. The smallest absolute Gasteiger partial charge is 0.407 e. The maximum atomic E-state index is 11.7. The lowest BCUT2D eigenvalue weighted by molar-refractivity contribution is 0.0529. The van der Waals surface area contributed by atoms with Crippen LogP contribution in [0.4, 0.5) is 4.79 Å². The van der Waals surface area contributed by atoms with E-state index in [9.17, 15) is 4.79 Å². The van der Waals surface area contributed by atoms with Gasteiger partial charge in [0.25, 0.3) is 0 Å². The topological polar surface area (TPSA) is 92.6 Å². The molecule has 1 heterocycles. The van der Waals surface area contributed by atoms with Gasteiger partial charge in [-0.2, -0.15) is 0 Å². The highest BCUT2D eigenvalue weighted by Crippen LogP contribution is 2.15. The van der Waals surface area contributed by atoms with Gasteiger partial charge < -0.3 is 25.3 Å². The van der Waals surface area contributed by atoms with Crippen LogP contribution in [0.15, 0.2) is 48.0 Å². The first-order chi connectivity index (χ1) is 13.4. The normalized spacial score (nSPS) is 11.8. The predicted molar refractivity (Wildman–Crippen MR) is 111 cm³/mol. The number of guanidine groups is 1. The minimum atomic E-state index is -0.503. The number of para-hydroxylation sites is 1. The van der Waals surface area contributed by atoms with Gasteiger partial charge in [0.15, 0.2) is 5.96 Å². The van der Waals surface area contributed by atoms with Gasteiger partial charge >= 0.3 is 6.09 Å². The first-order valence-corrected chi connectivity index (χ1v) is 9.44. The van der Waals surface area contributed by atoms with Crippen LogP contribution < -0.4 is 16.0 Å². The Bertz CT molecular complexity index is 765. The van der Waals surface area contributed by atoms with Crippen LogP contribution in [0, 0.1) is 0 Å². The highest BCUT2D eigenvalue weighted by atomic mass is 16.6. The van der Waals surface area contributed by atoms with Crippen molar-refractivity contribution in [3.05, 3.63) is 48.5 Å². The van der Waals surface area contributed by atoms with E-state index in [2.05, 4.69) is 25.9 Å². The Balaban J connectivity index is 1.90. The van der Waals surface area contributed by atoms with Crippen molar-refractivity contribution in [2.24, 2.45) is 4.99 Å². The predicted octanol–water partition coefficient (Wildman–Crippen LogP) is 2.45. The Morgan fingerprint density at radius 3 is 2.61 bits per heavy atom. The largest absolute Gasteiger partial charge is 0.444 e. The molecule has 0 spiro atoms. The maximum Gasteiger partial charge on any atom is 0.407 e. The summed E-state index contributed by atoms with van der Waals surface area (Å²) < 4.78 is 7.18. The number of rotatable bonds is 7. The monoisotopic (exact) mass is 386 g/mol. The molecule has 0 aliphatic heterocycles. The number of benzene rings is 1. The Morgan fingerprint density at radius 2 is 1.93 bits per heavy atom. The van der Waals surface area contributed by atoms with Gasteiger partial charge in [0, 0.05) is 32.0 Å². The zero-order valence-electron chi connectivity index (χ0n) is 17.0. The summed E-state index contributed by atoms with van der Waals surface area (Å²) in [5.74, 6) is 0.689. The van der Waals surface area contributed by atoms with Gasteiger partial charge in [0.05, 0.1) is 18.6 Å². The molecule has 8 heteroatoms. The molecule has 0 saturated carbocycles. The van der Waals surface area contributed by atoms with Crippen molar-refractivity contribution in [1.29, 1.82) is 0 Å². The number of aromatic nitrogens is 2. The van der Waals surface area contributed by atoms with Gasteiger partial charge in [-0.25, -0.2) is 14.8 Å². The van der Waals surface area contributed by atoms with E-state index >= 15 is 0 Å². The lowest BCUT2D eigenvalue weighted by Gasteiger charge is -2.20. The first-order valence-electron chi connectivity index (χ1n) is 9.44. The average Bonchev–Trinajstić information content (AvgIpc) is 3.16. The summed E-state index contributed by atoms with van der Waals surface area (Å²) in [5, 5.41) is 9.14. The maximum absolute atomic E-state index is 11.7. The van der Waals surface area contributed by atoms with E-state index in [0.29, 0.717) is 25.6 Å². The van der Waals surface area contributed by atoms with Gasteiger partial charge in [0.2, 0.25) is 0 Å². The molecule has 0 radical (unpaired) electrons. The first kappa shape index (κ1) is 21.3. The summed E-state index contributed by atoms with van der Waals surface area (Å²) in [6.07, 6.45) is 5.01. The fourth-order valence-corrected chi connectivity index (χ4v) is 2.46. The molecule has 2 aromatic rings. The van der Waals surface area contributed by atoms with Crippen molar-refractivity contribution in [1.82, 2.24) is 25.5 Å². The highest BCUT2D eigenvalue weighted by molar-refractivity contribution is 5.79. The Hall–Kier alpha value is -3.03. The number of nitrogens with one attached hydrogen (secondary N) is 3. The summed E-state index contributed by atoms with van der Waals surface area (Å²) in [6.45, 7) is 9.75. The second-order valence-corrected chi connectivity index (χ2v) is 7.15. The Morgan fingerprint density at radius 1 is 1.18 bits per heavy atom. The van der Waals surface area contributed by atoms with E-state index in [4.69, 9.17) is 4.74 Å². The lowest BCUT2D eigenvalue weighted by Crippen LogP contribution is -2.42. The number of hydrogen-bond acceptors (Lipinski definition) is 4. The van der Waals surface area contributed by atoms with Crippen molar-refractivity contribution >= 4 is 12.1 Å². The molecule has 0 aliphatic rings. The third-order valence-electron chi connectivity index (χ3n) is 3.61. The molecule has 8 nitrogen and oxygen atoms in total. The van der Waals surface area contributed by atoms with Crippen LogP contribution in [0.25, 0.3) is 5.69 Å². The van der Waals surface area contributed by atoms with Gasteiger partial charge in [0.1, 0.15) is 5.60 Å². The SMILES string of the molecule is CCNC(=NCc1ccccc1-n1ccnc1)NCCNC(=O)OC(C)(C)C. The van der Waals surface area contributed by atoms with Crippen LogP contribution in [0.2, 0.25) is 0 Å². The van der Waals surface area contributed by atoms with Crippen LogP contribution in [0.3, 0.4) is 0 Å². The summed E-state index contributed by atoms with van der Waals surface area (Å²) in [6, 6.07) is 8.08. The van der Waals surface area contributed by atoms with Crippen molar-refractivity contribution in [2.45, 2.75) is 39.8 Å². The van der Waals surface area contributed by atoms with E-state index in [-0.39, 0.29) is 0 Å². The Labute approximate surface area is 166 Å². The number of carbonyl (C=O) groups excluding carboxylic acids is 1. The van der Waals surface area contributed by atoms with Crippen LogP contribution in [-0.4, -0.2) is 46.8 Å². The molecule has 0 fully saturated rings. The molecule has 1 amide bonds. The van der Waals surface area contributed by atoms with Crippen LogP contribution in [-0.2, 0) is 11.3 Å². The zero-order chi connectivity index (χ0) is 20.4. The third-order valence-corrected chi connectivity index (χ3v) is 3.61. The fraction of sp³-hybridized carbons (Fsp3) is 0.450. The van der Waals surface area contributed by atoms with Gasteiger partial charge in [-0.1, -0.05) is 18.2 Å². The molecule has 3 N–H and O–H groups in total. The molecule has 0 bridgehead atoms. The number of nitrogens with zero attached hydrogens (tertiary/aromatic N) is 3. The second kappa shape index (κ2) is 10.3. The molecule has 152 valence electrons. The van der Waals surface area contributed by atoms with Gasteiger partial charge in [-0.05, 0) is 39.3 Å². The average molecular weight is 387 g/mol. The summed E-state index contributed by atoms with van der Waals surface area (Å²) in [7, 11) is 0. The highest BCUT2D eigenvalue weighted by Gasteiger charge is 2.15. The van der Waals surface area contributed by atoms with Gasteiger partial charge in [-0.15, -0.1) is 0 Å². The molecule has 2 rings (SSSR count). The second-order valence-electron chi connectivity index (χ2n) is 7.15. The van der Waals surface area contributed by atoms with E-state index in [1.165, 1.54) is 0 Å². The van der Waals surface area contributed by atoms with Crippen molar-refractivity contribution in [2.75, 3.05) is 19.6 Å². The number of hydrogen-bond donors (Lipinski definition) is 3. The van der Waals surface area contributed by atoms with Crippen LogP contribution in [0.5, 0.6) is 0 Å². The lowest BCUT2D eigenvalue weighted by atomic mass is 10.2. The molecular formula is C20H30N6O2. The van der Waals surface area contributed by atoms with E-state index in [0.717, 1.165) is 17.8 Å². The quantitative estimate of drug-likeness (QED) is 0.386. The molecule has 28 heavy (non-hydrogen) atoms. The summed E-state index contributed by atoms with van der Waals surface area (Å²) in [5.41, 5.74) is 1.63. The van der Waals surface area contributed by atoms with E-state index < -0.39 is 11.7 Å². The number of ether oxygens (including phenoxy) is 1. The fourth-order valence-electron chi connectivity index (χ4n) is 2.46. The molecule has 0 unspecified atom stereocenters. The third kappa shape index (κ3) is 7.30. The van der Waals surface area contributed by atoms with E-state index in [1.54, 1.807) is 12.5 Å². The number of aliphatic imine (C=N–C) groups is 1. The molecule has 1 aromatic carbocycles. The summed E-state index contributed by atoms with van der Waals surface area (Å²) >= 11 is 0. The van der Waals surface area contributed by atoms with Crippen molar-refractivity contribution in [3.8, 4) is 5.69 Å². The molecule has 0 aliphatic carbocycles. The van der Waals surface area contributed by atoms with Crippen LogP contribution in [0.1, 0.15) is 33.3 Å².